The summed E-state index contributed by atoms with van der Waals surface area (Å²) in [4.78, 5) is 27.6. The normalized spacial score (nSPS) is 16.4. The van der Waals surface area contributed by atoms with Crippen LogP contribution < -0.4 is 4.74 Å². The van der Waals surface area contributed by atoms with Crippen molar-refractivity contribution in [3.05, 3.63) is 52.5 Å². The van der Waals surface area contributed by atoms with Gasteiger partial charge in [0.25, 0.3) is 11.8 Å². The van der Waals surface area contributed by atoms with E-state index in [4.69, 9.17) is 9.26 Å². The van der Waals surface area contributed by atoms with E-state index in [1.165, 1.54) is 0 Å². The summed E-state index contributed by atoms with van der Waals surface area (Å²) in [5, 5.41) is 3.83. The molecule has 1 aliphatic heterocycles. The minimum Gasteiger partial charge on any atom is -0.461 e. The molecule has 1 aromatic carbocycles. The predicted octanol–water partition coefficient (Wildman–Crippen LogP) is 3.28. The van der Waals surface area contributed by atoms with Crippen LogP contribution in [0.5, 0.6) is 6.01 Å². The van der Waals surface area contributed by atoms with Crippen LogP contribution in [0.1, 0.15) is 29.0 Å². The van der Waals surface area contributed by atoms with E-state index < -0.39 is 0 Å². The molecule has 0 unspecified atom stereocenters. The molecule has 1 saturated heterocycles. The van der Waals surface area contributed by atoms with E-state index in [0.717, 1.165) is 17.3 Å². The average molecular weight is 444 g/mol. The number of carbonyl (C=O) groups is 1. The van der Waals surface area contributed by atoms with Gasteiger partial charge >= 0.3 is 6.01 Å². The minimum absolute atomic E-state index is 0.0442. The van der Waals surface area contributed by atoms with Gasteiger partial charge in [-0.2, -0.15) is 4.98 Å². The predicted molar refractivity (Wildman–Crippen MR) is 104 cm³/mol. The summed E-state index contributed by atoms with van der Waals surface area (Å²) in [5.74, 6) is 0.796. The molecule has 0 saturated carbocycles. The maximum Gasteiger partial charge on any atom is 0.316 e. The van der Waals surface area contributed by atoms with E-state index in [9.17, 15) is 4.79 Å². The third kappa shape index (κ3) is 3.89. The number of benzene rings is 1. The standard InChI is InChI=1S/C19H18BrN5O3/c1-12-23-17(28-24-12)15-6-2-3-7-16(15)18(26)25-8-4-5-14(25)11-27-19-21-9-13(20)10-22-19/h2-3,6-7,9-10,14H,4-5,8,11H2,1H3/t14-/m0/s1. The van der Waals surface area contributed by atoms with Gasteiger partial charge in [-0.05, 0) is 47.8 Å². The Kier molecular flexibility index (Phi) is 5.34. The van der Waals surface area contributed by atoms with Crippen molar-refractivity contribution in [2.45, 2.75) is 25.8 Å². The number of nitrogens with zero attached hydrogens (tertiary/aromatic N) is 5. The first-order valence-electron chi connectivity index (χ1n) is 8.93. The molecule has 2 aromatic heterocycles. The number of amides is 1. The van der Waals surface area contributed by atoms with Crippen molar-refractivity contribution in [1.82, 2.24) is 25.0 Å². The summed E-state index contributed by atoms with van der Waals surface area (Å²) in [6.07, 6.45) is 5.04. The van der Waals surface area contributed by atoms with E-state index in [1.54, 1.807) is 25.4 Å². The minimum atomic E-state index is -0.0747. The number of halogens is 1. The highest BCUT2D eigenvalue weighted by Gasteiger charge is 2.32. The second kappa shape index (κ2) is 8.05. The second-order valence-electron chi connectivity index (χ2n) is 6.48. The zero-order valence-corrected chi connectivity index (χ0v) is 16.8. The largest absolute Gasteiger partial charge is 0.461 e. The van der Waals surface area contributed by atoms with Gasteiger partial charge in [-0.3, -0.25) is 4.79 Å². The number of rotatable bonds is 5. The van der Waals surface area contributed by atoms with Crippen LogP contribution in [0.15, 0.2) is 45.7 Å². The quantitative estimate of drug-likeness (QED) is 0.596. The number of carbonyl (C=O) groups excluding carboxylic acids is 1. The molecule has 8 nitrogen and oxygen atoms in total. The highest BCUT2D eigenvalue weighted by atomic mass is 79.9. The van der Waals surface area contributed by atoms with Gasteiger partial charge in [0.2, 0.25) is 0 Å². The molecule has 1 aliphatic rings. The number of hydrogen-bond acceptors (Lipinski definition) is 7. The van der Waals surface area contributed by atoms with Gasteiger partial charge in [0, 0.05) is 18.9 Å². The van der Waals surface area contributed by atoms with Crippen LogP contribution in [0.3, 0.4) is 0 Å². The summed E-state index contributed by atoms with van der Waals surface area (Å²) in [6.45, 7) is 2.76. The Labute approximate surface area is 170 Å². The first kappa shape index (κ1) is 18.5. The highest BCUT2D eigenvalue weighted by molar-refractivity contribution is 9.10. The van der Waals surface area contributed by atoms with Crippen molar-refractivity contribution in [2.75, 3.05) is 13.2 Å². The smallest absolute Gasteiger partial charge is 0.316 e. The topological polar surface area (TPSA) is 94.2 Å². The first-order chi connectivity index (χ1) is 13.6. The molecule has 1 atom stereocenters. The Morgan fingerprint density at radius 3 is 2.86 bits per heavy atom. The van der Waals surface area contributed by atoms with Crippen molar-refractivity contribution < 1.29 is 14.1 Å². The number of hydrogen-bond donors (Lipinski definition) is 0. The number of aromatic nitrogens is 4. The Balaban J connectivity index is 1.52. The molecule has 28 heavy (non-hydrogen) atoms. The zero-order chi connectivity index (χ0) is 19.5. The van der Waals surface area contributed by atoms with Gasteiger partial charge in [-0.1, -0.05) is 17.3 Å². The van der Waals surface area contributed by atoms with E-state index in [1.807, 2.05) is 23.1 Å². The summed E-state index contributed by atoms with van der Waals surface area (Å²) in [5.41, 5.74) is 1.17. The molecule has 1 amide bonds. The molecular formula is C19H18BrN5O3. The third-order valence-electron chi connectivity index (χ3n) is 4.55. The lowest BCUT2D eigenvalue weighted by molar-refractivity contribution is 0.0687. The van der Waals surface area contributed by atoms with Gasteiger partial charge in [0.15, 0.2) is 5.82 Å². The molecule has 3 aromatic rings. The van der Waals surface area contributed by atoms with Crippen molar-refractivity contribution in [3.8, 4) is 17.5 Å². The van der Waals surface area contributed by atoms with Gasteiger partial charge in [0.1, 0.15) is 6.61 Å². The molecule has 144 valence electrons. The molecule has 0 N–H and O–H groups in total. The fourth-order valence-electron chi connectivity index (χ4n) is 3.24. The molecule has 9 heteroatoms. The first-order valence-corrected chi connectivity index (χ1v) is 9.72. The lowest BCUT2D eigenvalue weighted by Crippen LogP contribution is -2.39. The molecule has 0 spiro atoms. The fraction of sp³-hybridized carbons (Fsp3) is 0.316. The summed E-state index contributed by atoms with van der Waals surface area (Å²) in [6, 6.07) is 7.53. The highest BCUT2D eigenvalue weighted by Crippen LogP contribution is 2.27. The Hall–Kier alpha value is -2.81. The molecular weight excluding hydrogens is 426 g/mol. The van der Waals surface area contributed by atoms with Crippen molar-refractivity contribution in [2.24, 2.45) is 0 Å². The molecule has 3 heterocycles. The monoisotopic (exact) mass is 443 g/mol. The van der Waals surface area contributed by atoms with Crippen LogP contribution in [0.2, 0.25) is 0 Å². The van der Waals surface area contributed by atoms with E-state index in [0.29, 0.717) is 42.0 Å². The molecule has 1 fully saturated rings. The zero-order valence-electron chi connectivity index (χ0n) is 15.2. The van der Waals surface area contributed by atoms with Crippen molar-refractivity contribution in [3.63, 3.8) is 0 Å². The molecule has 0 radical (unpaired) electrons. The van der Waals surface area contributed by atoms with Crippen LogP contribution >= 0.6 is 15.9 Å². The second-order valence-corrected chi connectivity index (χ2v) is 7.40. The lowest BCUT2D eigenvalue weighted by Gasteiger charge is -2.25. The third-order valence-corrected chi connectivity index (χ3v) is 4.96. The summed E-state index contributed by atoms with van der Waals surface area (Å²) < 4.78 is 11.8. The van der Waals surface area contributed by atoms with E-state index in [2.05, 4.69) is 36.0 Å². The van der Waals surface area contributed by atoms with Gasteiger partial charge in [0.05, 0.1) is 21.6 Å². The van der Waals surface area contributed by atoms with Crippen molar-refractivity contribution in [1.29, 1.82) is 0 Å². The lowest BCUT2D eigenvalue weighted by atomic mass is 10.1. The maximum absolute atomic E-state index is 13.3. The Morgan fingerprint density at radius 1 is 1.32 bits per heavy atom. The fourth-order valence-corrected chi connectivity index (χ4v) is 3.44. The van der Waals surface area contributed by atoms with Gasteiger partial charge in [-0.25, -0.2) is 9.97 Å². The molecule has 0 bridgehead atoms. The van der Waals surface area contributed by atoms with E-state index >= 15 is 0 Å². The van der Waals surface area contributed by atoms with E-state index in [-0.39, 0.29) is 11.9 Å². The van der Waals surface area contributed by atoms with Crippen LogP contribution in [0.4, 0.5) is 0 Å². The molecule has 0 aliphatic carbocycles. The maximum atomic E-state index is 13.3. The van der Waals surface area contributed by atoms with Crippen LogP contribution in [0.25, 0.3) is 11.5 Å². The molecule has 4 rings (SSSR count). The Morgan fingerprint density at radius 2 is 2.11 bits per heavy atom. The number of likely N-dealkylation sites (tertiary alicyclic amines) is 1. The average Bonchev–Trinajstić information content (AvgIpc) is 3.36. The van der Waals surface area contributed by atoms with Crippen LogP contribution in [0, 0.1) is 6.92 Å². The SMILES string of the molecule is Cc1noc(-c2ccccc2C(=O)N2CCC[C@H]2COc2ncc(Br)cn2)n1. The summed E-state index contributed by atoms with van der Waals surface area (Å²) in [7, 11) is 0. The Bertz CT molecular complexity index is 976. The van der Waals surface area contributed by atoms with Crippen molar-refractivity contribution >= 4 is 21.8 Å². The number of ether oxygens (including phenoxy) is 1. The number of aryl methyl sites for hydroxylation is 1. The van der Waals surface area contributed by atoms with Crippen LogP contribution in [-0.2, 0) is 0 Å². The van der Waals surface area contributed by atoms with Gasteiger partial charge in [-0.15, -0.1) is 0 Å². The summed E-state index contributed by atoms with van der Waals surface area (Å²) >= 11 is 3.29. The van der Waals surface area contributed by atoms with Crippen LogP contribution in [-0.4, -0.2) is 50.1 Å². The van der Waals surface area contributed by atoms with Gasteiger partial charge < -0.3 is 14.2 Å².